The fourth-order valence-corrected chi connectivity index (χ4v) is 2.37. The second kappa shape index (κ2) is 13.3. The molecule has 0 amide bonds. The first-order chi connectivity index (χ1) is 10.3. The molecular formula is C17H32O4. The monoisotopic (exact) mass is 300 g/mol. The van der Waals surface area contributed by atoms with Crippen LogP contribution in [0.2, 0.25) is 0 Å². The summed E-state index contributed by atoms with van der Waals surface area (Å²) in [6.45, 7) is 6.06. The Bertz CT molecular complexity index is 249. The highest BCUT2D eigenvalue weighted by Crippen LogP contribution is 2.17. The summed E-state index contributed by atoms with van der Waals surface area (Å²) < 4.78 is 11.5. The molecule has 4 heteroatoms. The lowest BCUT2D eigenvalue weighted by atomic mass is 10.1. The van der Waals surface area contributed by atoms with Crippen molar-refractivity contribution in [3.8, 4) is 0 Å². The van der Waals surface area contributed by atoms with Crippen LogP contribution in [-0.4, -0.2) is 32.2 Å². The van der Waals surface area contributed by atoms with Crippen molar-refractivity contribution in [2.24, 2.45) is 0 Å². The van der Waals surface area contributed by atoms with Gasteiger partial charge < -0.3 is 9.47 Å². The number of ether oxygens (including phenoxy) is 2. The zero-order chi connectivity index (χ0) is 15.2. The minimum Gasteiger partial charge on any atom is -0.353 e. The fourth-order valence-electron chi connectivity index (χ4n) is 2.37. The zero-order valence-electron chi connectivity index (χ0n) is 13.7. The fraction of sp³-hybridized carbons (Fsp3) is 0.882. The van der Waals surface area contributed by atoms with Crippen molar-refractivity contribution in [3.05, 3.63) is 12.2 Å². The van der Waals surface area contributed by atoms with Crippen LogP contribution in [0.25, 0.3) is 0 Å². The van der Waals surface area contributed by atoms with Gasteiger partial charge in [-0.1, -0.05) is 25.0 Å². The Morgan fingerprint density at radius 1 is 1.14 bits per heavy atom. The maximum absolute atomic E-state index is 5.91. The van der Waals surface area contributed by atoms with Crippen molar-refractivity contribution < 1.29 is 19.2 Å². The SMILES string of the molecule is CCOOC/C=C/CCCCC[C@H](C)OC1CCCCO1. The van der Waals surface area contributed by atoms with Gasteiger partial charge >= 0.3 is 0 Å². The molecule has 1 saturated heterocycles. The van der Waals surface area contributed by atoms with Gasteiger partial charge in [0.2, 0.25) is 0 Å². The summed E-state index contributed by atoms with van der Waals surface area (Å²) in [5.41, 5.74) is 0. The van der Waals surface area contributed by atoms with Crippen LogP contribution in [0.1, 0.15) is 65.2 Å². The highest BCUT2D eigenvalue weighted by Gasteiger charge is 2.16. The Balaban J connectivity index is 1.86. The standard InChI is InChI=1S/C17H32O4/c1-3-19-20-15-10-7-5-4-6-8-12-16(2)21-17-13-9-11-14-18-17/h7,10,16-17H,3-6,8-9,11-15H2,1-2H3/b10-7+/t16-,17?/m0/s1. The number of rotatable bonds is 12. The average molecular weight is 300 g/mol. The van der Waals surface area contributed by atoms with Crippen LogP contribution in [0.4, 0.5) is 0 Å². The van der Waals surface area contributed by atoms with E-state index in [1.165, 1.54) is 32.1 Å². The maximum atomic E-state index is 5.91. The van der Waals surface area contributed by atoms with E-state index in [4.69, 9.17) is 19.2 Å². The minimum atomic E-state index is 0.0435. The molecule has 1 aliphatic heterocycles. The third-order valence-electron chi connectivity index (χ3n) is 3.54. The van der Waals surface area contributed by atoms with E-state index in [0.717, 1.165) is 25.9 Å². The predicted molar refractivity (Wildman–Crippen MR) is 83.9 cm³/mol. The molecule has 1 aliphatic rings. The Morgan fingerprint density at radius 3 is 2.81 bits per heavy atom. The average Bonchev–Trinajstić information content (AvgIpc) is 2.50. The smallest absolute Gasteiger partial charge is 0.157 e. The van der Waals surface area contributed by atoms with Gasteiger partial charge in [0.05, 0.1) is 12.7 Å². The second-order valence-corrected chi connectivity index (χ2v) is 5.54. The third kappa shape index (κ3) is 10.9. The van der Waals surface area contributed by atoms with Crippen molar-refractivity contribution in [2.45, 2.75) is 77.6 Å². The molecule has 0 aromatic rings. The summed E-state index contributed by atoms with van der Waals surface area (Å²) >= 11 is 0. The van der Waals surface area contributed by atoms with Gasteiger partial charge in [-0.2, -0.15) is 0 Å². The molecule has 124 valence electrons. The van der Waals surface area contributed by atoms with Crippen molar-refractivity contribution in [3.63, 3.8) is 0 Å². The normalized spacial score (nSPS) is 21.0. The van der Waals surface area contributed by atoms with E-state index in [9.17, 15) is 0 Å². The van der Waals surface area contributed by atoms with Gasteiger partial charge in [0.15, 0.2) is 6.29 Å². The van der Waals surface area contributed by atoms with Crippen molar-refractivity contribution in [1.29, 1.82) is 0 Å². The highest BCUT2D eigenvalue weighted by atomic mass is 17.2. The van der Waals surface area contributed by atoms with E-state index in [1.807, 2.05) is 13.0 Å². The molecule has 0 aromatic carbocycles. The Hall–Kier alpha value is -0.420. The molecule has 1 rings (SSSR count). The van der Waals surface area contributed by atoms with E-state index < -0.39 is 0 Å². The molecule has 0 N–H and O–H groups in total. The molecule has 0 aliphatic carbocycles. The Labute approximate surface area is 129 Å². The Morgan fingerprint density at radius 2 is 2.05 bits per heavy atom. The van der Waals surface area contributed by atoms with E-state index in [2.05, 4.69) is 13.0 Å². The first-order valence-corrected chi connectivity index (χ1v) is 8.49. The molecule has 0 bridgehead atoms. The van der Waals surface area contributed by atoms with Crippen LogP contribution >= 0.6 is 0 Å². The summed E-state index contributed by atoms with van der Waals surface area (Å²) in [7, 11) is 0. The van der Waals surface area contributed by atoms with E-state index in [-0.39, 0.29) is 6.29 Å². The van der Waals surface area contributed by atoms with Crippen molar-refractivity contribution in [1.82, 2.24) is 0 Å². The predicted octanol–water partition coefficient (Wildman–Crippen LogP) is 4.39. The lowest BCUT2D eigenvalue weighted by molar-refractivity contribution is -0.282. The maximum Gasteiger partial charge on any atom is 0.157 e. The summed E-state index contributed by atoms with van der Waals surface area (Å²) in [5.74, 6) is 0. The summed E-state index contributed by atoms with van der Waals surface area (Å²) in [5, 5.41) is 0. The van der Waals surface area contributed by atoms with Crippen LogP contribution in [-0.2, 0) is 19.2 Å². The number of hydrogen-bond donors (Lipinski definition) is 0. The van der Waals surface area contributed by atoms with Gasteiger partial charge in [-0.15, -0.1) is 0 Å². The topological polar surface area (TPSA) is 36.9 Å². The summed E-state index contributed by atoms with van der Waals surface area (Å²) in [4.78, 5) is 9.69. The molecular weight excluding hydrogens is 268 g/mol. The van der Waals surface area contributed by atoms with Gasteiger partial charge in [0.25, 0.3) is 0 Å². The molecule has 0 spiro atoms. The molecule has 1 unspecified atom stereocenters. The van der Waals surface area contributed by atoms with Crippen LogP contribution in [0.3, 0.4) is 0 Å². The van der Waals surface area contributed by atoms with Gasteiger partial charge in [0, 0.05) is 6.61 Å². The van der Waals surface area contributed by atoms with Gasteiger partial charge in [-0.3, -0.25) is 0 Å². The summed E-state index contributed by atoms with van der Waals surface area (Å²) in [6, 6.07) is 0. The van der Waals surface area contributed by atoms with E-state index in [0.29, 0.717) is 19.3 Å². The molecule has 4 nitrogen and oxygen atoms in total. The molecule has 0 radical (unpaired) electrons. The van der Waals surface area contributed by atoms with Gasteiger partial charge in [0.1, 0.15) is 6.61 Å². The van der Waals surface area contributed by atoms with Crippen LogP contribution < -0.4 is 0 Å². The Kier molecular flexibility index (Phi) is 11.8. The molecule has 0 saturated carbocycles. The molecule has 2 atom stereocenters. The molecule has 21 heavy (non-hydrogen) atoms. The summed E-state index contributed by atoms with van der Waals surface area (Å²) in [6.07, 6.45) is 13.9. The lowest BCUT2D eigenvalue weighted by Gasteiger charge is -2.26. The molecule has 0 aromatic heterocycles. The van der Waals surface area contributed by atoms with Gasteiger partial charge in [-0.25, -0.2) is 9.78 Å². The number of allylic oxidation sites excluding steroid dienone is 1. The highest BCUT2D eigenvalue weighted by molar-refractivity contribution is 4.80. The number of hydrogen-bond acceptors (Lipinski definition) is 4. The molecule has 1 heterocycles. The van der Waals surface area contributed by atoms with Gasteiger partial charge in [-0.05, 0) is 52.4 Å². The van der Waals surface area contributed by atoms with Crippen LogP contribution in [0.15, 0.2) is 12.2 Å². The second-order valence-electron chi connectivity index (χ2n) is 5.54. The zero-order valence-corrected chi connectivity index (χ0v) is 13.7. The van der Waals surface area contributed by atoms with E-state index in [1.54, 1.807) is 0 Å². The lowest BCUT2D eigenvalue weighted by Crippen LogP contribution is -2.26. The first kappa shape index (κ1) is 18.6. The van der Waals surface area contributed by atoms with Crippen LogP contribution in [0.5, 0.6) is 0 Å². The molecule has 1 fully saturated rings. The number of unbranched alkanes of at least 4 members (excludes halogenated alkanes) is 3. The largest absolute Gasteiger partial charge is 0.353 e. The van der Waals surface area contributed by atoms with Crippen molar-refractivity contribution >= 4 is 0 Å². The first-order valence-electron chi connectivity index (χ1n) is 8.49. The third-order valence-corrected chi connectivity index (χ3v) is 3.54. The quantitative estimate of drug-likeness (QED) is 0.232. The van der Waals surface area contributed by atoms with E-state index >= 15 is 0 Å². The van der Waals surface area contributed by atoms with Crippen LogP contribution in [0, 0.1) is 0 Å². The van der Waals surface area contributed by atoms with Crippen molar-refractivity contribution in [2.75, 3.05) is 19.8 Å². The minimum absolute atomic E-state index is 0.0435.